The molecule has 1 aromatic carbocycles. The summed E-state index contributed by atoms with van der Waals surface area (Å²) in [5.74, 6) is 0.511. The lowest BCUT2D eigenvalue weighted by atomic mass is 9.90. The third-order valence-corrected chi connectivity index (χ3v) is 3.21. The largest absolute Gasteiger partial charge is 0.493 e. The molecule has 8 nitrogen and oxygen atoms in total. The molecule has 0 aliphatic heterocycles. The van der Waals surface area contributed by atoms with Crippen molar-refractivity contribution < 1.29 is 14.3 Å². The van der Waals surface area contributed by atoms with Crippen LogP contribution in [0.5, 0.6) is 11.5 Å². The van der Waals surface area contributed by atoms with Crippen molar-refractivity contribution in [3.63, 3.8) is 0 Å². The third-order valence-electron chi connectivity index (χ3n) is 3.21. The molecule has 0 bridgehead atoms. The van der Waals surface area contributed by atoms with E-state index in [2.05, 4.69) is 15.3 Å². The van der Waals surface area contributed by atoms with Crippen molar-refractivity contribution in [2.45, 2.75) is 12.5 Å². The Hall–Kier alpha value is -2.44. The normalized spacial score (nSPS) is 12.9. The van der Waals surface area contributed by atoms with Gasteiger partial charge >= 0.3 is 0 Å². The molecule has 1 rings (SSSR count). The van der Waals surface area contributed by atoms with E-state index in [0.717, 1.165) is 0 Å². The molecule has 21 heavy (non-hydrogen) atoms. The van der Waals surface area contributed by atoms with Gasteiger partial charge in [0.05, 0.1) is 14.2 Å². The van der Waals surface area contributed by atoms with Crippen LogP contribution in [-0.4, -0.2) is 33.2 Å². The fourth-order valence-corrected chi connectivity index (χ4v) is 1.88. The van der Waals surface area contributed by atoms with Crippen LogP contribution in [0.1, 0.15) is 12.5 Å². The van der Waals surface area contributed by atoms with Crippen LogP contribution in [0.4, 0.5) is 0 Å². The summed E-state index contributed by atoms with van der Waals surface area (Å²) in [6.45, 7) is 2.19. The number of nitrogens with zero attached hydrogens (tertiary/aromatic N) is 3. The number of nitrogens with two attached hydrogens (primary N) is 1. The van der Waals surface area contributed by atoms with Gasteiger partial charge in [0.15, 0.2) is 11.5 Å². The predicted octanol–water partition coefficient (Wildman–Crippen LogP) is 1.30. The lowest BCUT2D eigenvalue weighted by molar-refractivity contribution is -0.124. The summed E-state index contributed by atoms with van der Waals surface area (Å²) in [6.07, 6.45) is 0. The van der Waals surface area contributed by atoms with Gasteiger partial charge in [-0.15, -0.1) is 0 Å². The average Bonchev–Trinajstić information content (AvgIpc) is 2.50. The van der Waals surface area contributed by atoms with Crippen LogP contribution in [0, 0.1) is 0 Å². The number of azide groups is 1. The topological polar surface area (TPSA) is 122 Å². The van der Waals surface area contributed by atoms with E-state index in [9.17, 15) is 4.79 Å². The molecule has 1 unspecified atom stereocenters. The molecule has 0 aliphatic rings. The average molecular weight is 293 g/mol. The molecule has 0 aliphatic carbocycles. The van der Waals surface area contributed by atoms with Crippen LogP contribution in [0.15, 0.2) is 23.3 Å². The Kier molecular flexibility index (Phi) is 5.83. The SMILES string of the molecule is COc1ccc(C(C)(NCCN=[N+]=[N-])C(N)=O)cc1OC. The van der Waals surface area contributed by atoms with E-state index in [4.69, 9.17) is 20.7 Å². The second-order valence-corrected chi connectivity index (χ2v) is 4.44. The van der Waals surface area contributed by atoms with Crippen molar-refractivity contribution in [1.29, 1.82) is 0 Å². The molecule has 1 amide bonds. The van der Waals surface area contributed by atoms with Crippen molar-refractivity contribution in [1.82, 2.24) is 5.32 Å². The number of primary amides is 1. The first-order valence-corrected chi connectivity index (χ1v) is 6.28. The van der Waals surface area contributed by atoms with Crippen molar-refractivity contribution in [2.75, 3.05) is 27.3 Å². The number of amides is 1. The molecule has 0 saturated heterocycles. The van der Waals surface area contributed by atoms with Crippen LogP contribution < -0.4 is 20.5 Å². The van der Waals surface area contributed by atoms with Crippen molar-refractivity contribution in [3.8, 4) is 11.5 Å². The Labute approximate surface area is 122 Å². The van der Waals surface area contributed by atoms with E-state index >= 15 is 0 Å². The minimum absolute atomic E-state index is 0.215. The van der Waals surface area contributed by atoms with E-state index in [1.54, 1.807) is 25.1 Å². The smallest absolute Gasteiger partial charge is 0.242 e. The molecule has 8 heteroatoms. The Morgan fingerprint density at radius 2 is 2.10 bits per heavy atom. The maximum atomic E-state index is 11.8. The van der Waals surface area contributed by atoms with Gasteiger partial charge in [0.2, 0.25) is 5.91 Å². The number of rotatable bonds is 8. The zero-order valence-corrected chi connectivity index (χ0v) is 12.3. The van der Waals surface area contributed by atoms with Crippen molar-refractivity contribution in [3.05, 3.63) is 34.2 Å². The van der Waals surface area contributed by atoms with E-state index in [-0.39, 0.29) is 6.54 Å². The zero-order chi connectivity index (χ0) is 15.9. The quantitative estimate of drug-likeness (QED) is 0.324. The lowest BCUT2D eigenvalue weighted by Crippen LogP contribution is -2.51. The molecule has 114 valence electrons. The Balaban J connectivity index is 3.09. The second kappa shape index (κ2) is 7.37. The van der Waals surface area contributed by atoms with Gasteiger partial charge < -0.3 is 15.2 Å². The molecular formula is C13H19N5O3. The molecule has 1 atom stereocenters. The van der Waals surface area contributed by atoms with Gasteiger partial charge in [0.1, 0.15) is 5.54 Å². The third kappa shape index (κ3) is 3.77. The summed E-state index contributed by atoms with van der Waals surface area (Å²) in [5, 5.41) is 6.41. The van der Waals surface area contributed by atoms with E-state index < -0.39 is 11.4 Å². The fourth-order valence-electron chi connectivity index (χ4n) is 1.88. The first-order chi connectivity index (χ1) is 9.99. The number of benzene rings is 1. The number of hydrogen-bond donors (Lipinski definition) is 2. The summed E-state index contributed by atoms with van der Waals surface area (Å²) in [5.41, 5.74) is 13.3. The standard InChI is InChI=1S/C13H19N5O3/c1-13(12(14)19,16-6-7-17-18-15)9-4-5-10(20-2)11(8-9)21-3/h4-5,8,16H,6-7H2,1-3H3,(H2,14,19). The Morgan fingerprint density at radius 1 is 1.43 bits per heavy atom. The molecular weight excluding hydrogens is 274 g/mol. The van der Waals surface area contributed by atoms with Crippen molar-refractivity contribution in [2.24, 2.45) is 10.8 Å². The van der Waals surface area contributed by atoms with Crippen LogP contribution in [-0.2, 0) is 10.3 Å². The van der Waals surface area contributed by atoms with Crippen LogP contribution >= 0.6 is 0 Å². The van der Waals surface area contributed by atoms with E-state index in [1.165, 1.54) is 14.2 Å². The van der Waals surface area contributed by atoms with Gasteiger partial charge in [0, 0.05) is 18.0 Å². The van der Waals surface area contributed by atoms with Crippen LogP contribution in [0.25, 0.3) is 10.4 Å². The van der Waals surface area contributed by atoms with Gasteiger partial charge in [0.25, 0.3) is 0 Å². The van der Waals surface area contributed by atoms with Gasteiger partial charge in [-0.25, -0.2) is 0 Å². The highest BCUT2D eigenvalue weighted by Crippen LogP contribution is 2.32. The zero-order valence-electron chi connectivity index (χ0n) is 12.3. The minimum Gasteiger partial charge on any atom is -0.493 e. The molecule has 0 spiro atoms. The first-order valence-electron chi connectivity index (χ1n) is 6.28. The van der Waals surface area contributed by atoms with Gasteiger partial charge in [-0.2, -0.15) is 0 Å². The Bertz CT molecular complexity index is 557. The first kappa shape index (κ1) is 16.6. The molecule has 0 fully saturated rings. The number of carbonyl (C=O) groups is 1. The van der Waals surface area contributed by atoms with E-state index in [1.807, 2.05) is 0 Å². The maximum Gasteiger partial charge on any atom is 0.242 e. The summed E-state index contributed by atoms with van der Waals surface area (Å²) < 4.78 is 10.4. The van der Waals surface area contributed by atoms with Gasteiger partial charge in [-0.1, -0.05) is 11.2 Å². The summed E-state index contributed by atoms with van der Waals surface area (Å²) in [4.78, 5) is 14.5. The second-order valence-electron chi connectivity index (χ2n) is 4.44. The summed E-state index contributed by atoms with van der Waals surface area (Å²) >= 11 is 0. The highest BCUT2D eigenvalue weighted by Gasteiger charge is 2.33. The van der Waals surface area contributed by atoms with Crippen LogP contribution in [0.3, 0.4) is 0 Å². The molecule has 0 heterocycles. The molecule has 0 saturated carbocycles. The molecule has 0 aromatic heterocycles. The highest BCUT2D eigenvalue weighted by atomic mass is 16.5. The fraction of sp³-hybridized carbons (Fsp3) is 0.462. The monoisotopic (exact) mass is 293 g/mol. The number of carbonyl (C=O) groups excluding carboxylic acids is 1. The van der Waals surface area contributed by atoms with Gasteiger partial charge in [-0.3, -0.25) is 10.1 Å². The summed E-state index contributed by atoms with van der Waals surface area (Å²) in [7, 11) is 3.04. The number of nitrogens with one attached hydrogen (secondary N) is 1. The molecule has 0 radical (unpaired) electrons. The number of ether oxygens (including phenoxy) is 2. The van der Waals surface area contributed by atoms with Crippen molar-refractivity contribution >= 4 is 5.91 Å². The maximum absolute atomic E-state index is 11.8. The van der Waals surface area contributed by atoms with Gasteiger partial charge in [-0.05, 0) is 30.2 Å². The number of methoxy groups -OCH3 is 2. The number of hydrogen-bond acceptors (Lipinski definition) is 5. The minimum atomic E-state index is -1.11. The predicted molar refractivity (Wildman–Crippen MR) is 78.1 cm³/mol. The van der Waals surface area contributed by atoms with E-state index in [0.29, 0.717) is 23.6 Å². The molecule has 3 N–H and O–H groups in total. The summed E-state index contributed by atoms with van der Waals surface area (Å²) in [6, 6.07) is 5.11. The highest BCUT2D eigenvalue weighted by molar-refractivity contribution is 5.86. The Morgan fingerprint density at radius 3 is 2.62 bits per heavy atom. The van der Waals surface area contributed by atoms with Crippen LogP contribution in [0.2, 0.25) is 0 Å². The lowest BCUT2D eigenvalue weighted by Gasteiger charge is -2.28. The molecule has 1 aromatic rings.